The van der Waals surface area contributed by atoms with Crippen molar-refractivity contribution in [3.8, 4) is 10.4 Å². The number of carbonyl (C=O) groups is 4. The second-order valence-electron chi connectivity index (χ2n) is 12.7. The van der Waals surface area contributed by atoms with Gasteiger partial charge in [0, 0.05) is 32.0 Å². The van der Waals surface area contributed by atoms with E-state index in [1.165, 1.54) is 4.90 Å². The molecule has 0 unspecified atom stereocenters. The summed E-state index contributed by atoms with van der Waals surface area (Å²) in [6.45, 7) is 9.04. The number of carboxylic acids is 1. The molecule has 3 atom stereocenters. The van der Waals surface area contributed by atoms with Crippen LogP contribution in [-0.4, -0.2) is 99.6 Å². The van der Waals surface area contributed by atoms with Gasteiger partial charge < -0.3 is 25.7 Å². The van der Waals surface area contributed by atoms with Gasteiger partial charge in [-0.1, -0.05) is 24.3 Å². The second-order valence-corrected chi connectivity index (χ2v) is 13.6. The molecule has 2 saturated heterocycles. The van der Waals surface area contributed by atoms with E-state index in [-0.39, 0.29) is 43.1 Å². The van der Waals surface area contributed by atoms with Crippen molar-refractivity contribution >= 4 is 35.0 Å². The maximum Gasteiger partial charge on any atom is 0.317 e. The van der Waals surface area contributed by atoms with Crippen molar-refractivity contribution in [2.24, 2.45) is 11.3 Å². The van der Waals surface area contributed by atoms with Crippen LogP contribution in [0.4, 0.5) is 0 Å². The van der Waals surface area contributed by atoms with E-state index in [9.17, 15) is 24.3 Å². The highest BCUT2D eigenvalue weighted by atomic mass is 32.1. The first kappa shape index (κ1) is 33.5. The lowest BCUT2D eigenvalue weighted by atomic mass is 9.83. The van der Waals surface area contributed by atoms with E-state index in [4.69, 9.17) is 5.11 Å². The lowest BCUT2D eigenvalue weighted by Gasteiger charge is -2.37. The number of aromatic nitrogens is 1. The van der Waals surface area contributed by atoms with Crippen LogP contribution in [0.15, 0.2) is 29.8 Å². The number of likely N-dealkylation sites (tertiary alicyclic amines) is 2. The van der Waals surface area contributed by atoms with Gasteiger partial charge in [-0.05, 0) is 77.1 Å². The number of hydrogen-bond acceptors (Lipinski definition) is 8. The first-order valence-corrected chi connectivity index (χ1v) is 16.2. The van der Waals surface area contributed by atoms with Gasteiger partial charge in [0.1, 0.15) is 6.04 Å². The van der Waals surface area contributed by atoms with Crippen molar-refractivity contribution in [2.45, 2.75) is 78.0 Å². The average molecular weight is 628 g/mol. The quantitative estimate of drug-likeness (QED) is 0.280. The minimum absolute atomic E-state index is 0.0125. The van der Waals surface area contributed by atoms with Crippen LogP contribution < -0.4 is 10.6 Å². The van der Waals surface area contributed by atoms with E-state index in [2.05, 4.69) is 27.8 Å². The summed E-state index contributed by atoms with van der Waals surface area (Å²) < 4.78 is 0. The van der Waals surface area contributed by atoms with Gasteiger partial charge in [-0.2, -0.15) is 0 Å². The number of hydrogen-bond donors (Lipinski definition) is 4. The molecule has 2 aromatic rings. The number of aryl methyl sites for hydroxylation is 1. The molecule has 0 radical (unpaired) electrons. The molecule has 0 aliphatic carbocycles. The van der Waals surface area contributed by atoms with Crippen LogP contribution in [0, 0.1) is 18.3 Å². The van der Waals surface area contributed by atoms with Crippen LogP contribution >= 0.6 is 11.3 Å². The molecule has 1 aromatic carbocycles. The number of aliphatic hydroxyl groups excluding tert-OH is 1. The zero-order valence-corrected chi connectivity index (χ0v) is 26.9. The highest BCUT2D eigenvalue weighted by Crippen LogP contribution is 2.30. The van der Waals surface area contributed by atoms with Crippen molar-refractivity contribution in [3.63, 3.8) is 0 Å². The molecule has 11 nitrogen and oxygen atoms in total. The number of carbonyl (C=O) groups excluding carboxylic acids is 3. The lowest BCUT2D eigenvalue weighted by Crippen LogP contribution is -2.56. The van der Waals surface area contributed by atoms with Crippen molar-refractivity contribution < 1.29 is 29.4 Å². The van der Waals surface area contributed by atoms with Gasteiger partial charge in [0.15, 0.2) is 0 Å². The molecule has 0 spiro atoms. The van der Waals surface area contributed by atoms with Crippen LogP contribution in [0.1, 0.15) is 57.7 Å². The van der Waals surface area contributed by atoms with Gasteiger partial charge in [-0.15, -0.1) is 11.3 Å². The Morgan fingerprint density at radius 2 is 1.82 bits per heavy atom. The summed E-state index contributed by atoms with van der Waals surface area (Å²) in [5.41, 5.74) is 4.01. The summed E-state index contributed by atoms with van der Waals surface area (Å²) >= 11 is 1.60. The van der Waals surface area contributed by atoms with Gasteiger partial charge >= 0.3 is 5.97 Å². The Labute approximate surface area is 263 Å². The summed E-state index contributed by atoms with van der Waals surface area (Å²) in [4.78, 5) is 59.5. The predicted octanol–water partition coefficient (Wildman–Crippen LogP) is 2.46. The van der Waals surface area contributed by atoms with Crippen LogP contribution in [0.5, 0.6) is 0 Å². The maximum atomic E-state index is 13.7. The van der Waals surface area contributed by atoms with Gasteiger partial charge in [0.25, 0.3) is 0 Å². The number of thiazole rings is 1. The standard InChI is InChI=1S/C32H45N5O6S/c1-20-29(44-19-34-20)24-7-5-22(6-8-24)9-12-33-30(42)26-16-25(38)17-37(26)31(43)32(3,4)21(2)35-27(39)15-23-10-13-36(14-11-23)18-28(40)41/h5-8,19,21,23,25-26,38H,9-18H2,1-4H3,(H,33,42)(H,35,39)(H,40,41)/t21-,25+,26-/m0/s1. The van der Waals surface area contributed by atoms with Crippen LogP contribution in [0.2, 0.25) is 0 Å². The molecule has 0 saturated carbocycles. The van der Waals surface area contributed by atoms with Crippen molar-refractivity contribution in [1.29, 1.82) is 0 Å². The summed E-state index contributed by atoms with van der Waals surface area (Å²) in [7, 11) is 0. The number of benzene rings is 1. The number of amides is 3. The Kier molecular flexibility index (Phi) is 11.1. The number of β-amino-alcohol motifs (C(OH)–C–C–N with tert-alkyl or cyclic N) is 1. The predicted molar refractivity (Wildman–Crippen MR) is 168 cm³/mol. The molecule has 2 aliphatic rings. The fourth-order valence-corrected chi connectivity index (χ4v) is 6.79. The molecule has 240 valence electrons. The molecule has 1 aromatic heterocycles. The normalized spacial score (nSPS) is 20.3. The minimum Gasteiger partial charge on any atom is -0.480 e. The molecule has 2 fully saturated rings. The van der Waals surface area contributed by atoms with Gasteiger partial charge in [0.2, 0.25) is 17.7 Å². The Balaban J connectivity index is 1.26. The molecule has 3 amide bonds. The molecule has 0 bridgehead atoms. The highest BCUT2D eigenvalue weighted by Gasteiger charge is 2.46. The number of nitrogens with zero attached hydrogens (tertiary/aromatic N) is 3. The number of rotatable bonds is 12. The summed E-state index contributed by atoms with van der Waals surface area (Å²) in [6, 6.07) is 6.89. The Morgan fingerprint density at radius 1 is 1.14 bits per heavy atom. The topological polar surface area (TPSA) is 152 Å². The number of aliphatic carboxylic acids is 1. The lowest BCUT2D eigenvalue weighted by molar-refractivity contribution is -0.147. The second kappa shape index (κ2) is 14.6. The molecule has 3 heterocycles. The zero-order valence-electron chi connectivity index (χ0n) is 26.0. The van der Waals surface area contributed by atoms with E-state index in [0.717, 1.165) is 34.5 Å². The van der Waals surface area contributed by atoms with Gasteiger partial charge in [0.05, 0.1) is 34.1 Å². The summed E-state index contributed by atoms with van der Waals surface area (Å²) in [5.74, 6) is -1.43. The monoisotopic (exact) mass is 627 g/mol. The first-order valence-electron chi connectivity index (χ1n) is 15.3. The van der Waals surface area contributed by atoms with Crippen molar-refractivity contribution in [2.75, 3.05) is 32.7 Å². The largest absolute Gasteiger partial charge is 0.480 e. The van der Waals surface area contributed by atoms with Crippen LogP contribution in [0.25, 0.3) is 10.4 Å². The minimum atomic E-state index is -1.01. The third-order valence-electron chi connectivity index (χ3n) is 9.07. The van der Waals surface area contributed by atoms with E-state index in [1.54, 1.807) is 32.1 Å². The average Bonchev–Trinajstić information content (AvgIpc) is 3.58. The Hall–Kier alpha value is -3.35. The number of carboxylic acid groups (broad SMARTS) is 1. The van der Waals surface area contributed by atoms with Crippen molar-refractivity contribution in [3.05, 3.63) is 41.0 Å². The molecule has 4 N–H and O–H groups in total. The molecule has 2 aliphatic heterocycles. The highest BCUT2D eigenvalue weighted by molar-refractivity contribution is 7.13. The van der Waals surface area contributed by atoms with E-state index < -0.39 is 29.6 Å². The SMILES string of the molecule is Cc1ncsc1-c1ccc(CCNC(=O)[C@@H]2C[C@@H](O)CN2C(=O)C(C)(C)[C@H](C)NC(=O)CC2CCN(CC(=O)O)CC2)cc1. The molecular formula is C32H45N5O6S. The fourth-order valence-electron chi connectivity index (χ4n) is 5.97. The third-order valence-corrected chi connectivity index (χ3v) is 10.0. The maximum absolute atomic E-state index is 13.7. The Bertz CT molecular complexity index is 1320. The van der Waals surface area contributed by atoms with Gasteiger partial charge in [-0.25, -0.2) is 4.98 Å². The number of piperidine rings is 1. The third kappa shape index (κ3) is 8.42. The molecule has 12 heteroatoms. The van der Waals surface area contributed by atoms with E-state index in [0.29, 0.717) is 32.5 Å². The van der Waals surface area contributed by atoms with Crippen LogP contribution in [-0.2, 0) is 25.6 Å². The number of aliphatic hydroxyl groups is 1. The molecule has 44 heavy (non-hydrogen) atoms. The zero-order chi connectivity index (χ0) is 32.0. The number of nitrogens with one attached hydrogen (secondary N) is 2. The Morgan fingerprint density at radius 3 is 2.43 bits per heavy atom. The van der Waals surface area contributed by atoms with Crippen LogP contribution in [0.3, 0.4) is 0 Å². The van der Waals surface area contributed by atoms with Gasteiger partial charge in [-0.3, -0.25) is 24.1 Å². The first-order chi connectivity index (χ1) is 20.8. The van der Waals surface area contributed by atoms with E-state index in [1.807, 2.05) is 29.5 Å². The van der Waals surface area contributed by atoms with E-state index >= 15 is 0 Å². The molecular weight excluding hydrogens is 582 g/mol. The fraction of sp³-hybridized carbons (Fsp3) is 0.594. The molecule has 4 rings (SSSR count). The van der Waals surface area contributed by atoms with Crippen molar-refractivity contribution in [1.82, 2.24) is 25.4 Å². The summed E-state index contributed by atoms with van der Waals surface area (Å²) in [5, 5.41) is 25.3. The smallest absolute Gasteiger partial charge is 0.317 e. The summed E-state index contributed by atoms with van der Waals surface area (Å²) in [6.07, 6.45) is 1.80.